The van der Waals surface area contributed by atoms with Crippen LogP contribution in [0.15, 0.2) is 54.6 Å². The minimum Gasteiger partial charge on any atom is -0.392 e. The lowest BCUT2D eigenvalue weighted by molar-refractivity contribution is 0.0566. The van der Waals surface area contributed by atoms with E-state index in [4.69, 9.17) is 5.11 Å². The molecule has 0 saturated carbocycles. The molecular formula is C17H21NO2. The maximum Gasteiger partial charge on any atom is 0.0992 e. The first-order valence-corrected chi connectivity index (χ1v) is 6.79. The SMILES string of the molecule is CC(O)(CNCc1cccc(CO)c1)c1ccccc1. The molecule has 0 aliphatic rings. The Bertz CT molecular complexity index is 538. The highest BCUT2D eigenvalue weighted by Crippen LogP contribution is 2.19. The maximum atomic E-state index is 10.5. The van der Waals surface area contributed by atoms with Gasteiger partial charge in [-0.15, -0.1) is 0 Å². The highest BCUT2D eigenvalue weighted by molar-refractivity contribution is 5.24. The van der Waals surface area contributed by atoms with Gasteiger partial charge in [-0.05, 0) is 23.6 Å². The fourth-order valence-corrected chi connectivity index (χ4v) is 2.19. The topological polar surface area (TPSA) is 52.5 Å². The van der Waals surface area contributed by atoms with Crippen LogP contribution >= 0.6 is 0 Å². The van der Waals surface area contributed by atoms with Crippen LogP contribution in [0.4, 0.5) is 0 Å². The van der Waals surface area contributed by atoms with Crippen molar-refractivity contribution in [1.82, 2.24) is 5.32 Å². The minimum atomic E-state index is -0.893. The number of aliphatic hydroxyl groups excluding tert-OH is 1. The molecule has 20 heavy (non-hydrogen) atoms. The van der Waals surface area contributed by atoms with Crippen LogP contribution in [0.5, 0.6) is 0 Å². The predicted octanol–water partition coefficient (Wildman–Crippen LogP) is 2.18. The Labute approximate surface area is 119 Å². The Balaban J connectivity index is 1.92. The summed E-state index contributed by atoms with van der Waals surface area (Å²) in [4.78, 5) is 0. The van der Waals surface area contributed by atoms with E-state index >= 15 is 0 Å². The zero-order valence-electron chi connectivity index (χ0n) is 11.7. The summed E-state index contributed by atoms with van der Waals surface area (Å²) >= 11 is 0. The van der Waals surface area contributed by atoms with E-state index < -0.39 is 5.60 Å². The van der Waals surface area contributed by atoms with Gasteiger partial charge in [0.25, 0.3) is 0 Å². The molecule has 0 radical (unpaired) electrons. The Kier molecular flexibility index (Phi) is 4.90. The fraction of sp³-hybridized carbons (Fsp3) is 0.294. The maximum absolute atomic E-state index is 10.5. The van der Waals surface area contributed by atoms with E-state index in [9.17, 15) is 5.11 Å². The van der Waals surface area contributed by atoms with Crippen LogP contribution in [0.1, 0.15) is 23.6 Å². The third-order valence-corrected chi connectivity index (χ3v) is 3.37. The number of hydrogen-bond donors (Lipinski definition) is 3. The van der Waals surface area contributed by atoms with Crippen LogP contribution in [0, 0.1) is 0 Å². The Morgan fingerprint density at radius 3 is 2.40 bits per heavy atom. The van der Waals surface area contributed by atoms with E-state index in [0.29, 0.717) is 13.1 Å². The lowest BCUT2D eigenvalue weighted by Gasteiger charge is -2.24. The quantitative estimate of drug-likeness (QED) is 0.755. The summed E-state index contributed by atoms with van der Waals surface area (Å²) in [5.41, 5.74) is 2.01. The van der Waals surface area contributed by atoms with Crippen molar-refractivity contribution in [3.05, 3.63) is 71.3 Å². The standard InChI is InChI=1S/C17H21NO2/c1-17(20,16-8-3-2-4-9-16)13-18-11-14-6-5-7-15(10-14)12-19/h2-10,18-20H,11-13H2,1H3. The average molecular weight is 271 g/mol. The van der Waals surface area contributed by atoms with Gasteiger partial charge in [-0.3, -0.25) is 0 Å². The van der Waals surface area contributed by atoms with Gasteiger partial charge in [0.1, 0.15) is 0 Å². The van der Waals surface area contributed by atoms with Crippen molar-refractivity contribution in [2.75, 3.05) is 6.54 Å². The van der Waals surface area contributed by atoms with Crippen molar-refractivity contribution in [2.24, 2.45) is 0 Å². The van der Waals surface area contributed by atoms with Crippen LogP contribution in [0.25, 0.3) is 0 Å². The fourth-order valence-electron chi connectivity index (χ4n) is 2.19. The third-order valence-electron chi connectivity index (χ3n) is 3.37. The highest BCUT2D eigenvalue weighted by Gasteiger charge is 2.21. The lowest BCUT2D eigenvalue weighted by Crippen LogP contribution is -2.35. The molecule has 0 aliphatic heterocycles. The van der Waals surface area contributed by atoms with E-state index in [1.807, 2.05) is 54.6 Å². The normalized spacial score (nSPS) is 13.9. The molecule has 0 saturated heterocycles. The summed E-state index contributed by atoms with van der Waals surface area (Å²) in [6.45, 7) is 2.99. The number of benzene rings is 2. The molecule has 0 fully saturated rings. The molecule has 1 unspecified atom stereocenters. The van der Waals surface area contributed by atoms with Crippen LogP contribution in [-0.2, 0) is 18.8 Å². The molecule has 3 heteroatoms. The molecule has 3 nitrogen and oxygen atoms in total. The predicted molar refractivity (Wildman–Crippen MR) is 80.1 cm³/mol. The molecule has 106 valence electrons. The largest absolute Gasteiger partial charge is 0.392 e. The van der Waals surface area contributed by atoms with E-state index in [2.05, 4.69) is 5.32 Å². The Morgan fingerprint density at radius 2 is 1.70 bits per heavy atom. The average Bonchev–Trinajstić information content (AvgIpc) is 2.48. The summed E-state index contributed by atoms with van der Waals surface area (Å²) in [5.74, 6) is 0. The van der Waals surface area contributed by atoms with Gasteiger partial charge in [0.2, 0.25) is 0 Å². The second-order valence-corrected chi connectivity index (χ2v) is 5.22. The summed E-state index contributed by atoms with van der Waals surface area (Å²) in [7, 11) is 0. The monoisotopic (exact) mass is 271 g/mol. The molecule has 2 aromatic rings. The van der Waals surface area contributed by atoms with Crippen molar-refractivity contribution in [1.29, 1.82) is 0 Å². The van der Waals surface area contributed by atoms with Crippen molar-refractivity contribution >= 4 is 0 Å². The molecule has 0 spiro atoms. The molecule has 0 heterocycles. The van der Waals surface area contributed by atoms with Crippen molar-refractivity contribution < 1.29 is 10.2 Å². The van der Waals surface area contributed by atoms with Crippen LogP contribution in [0.3, 0.4) is 0 Å². The first kappa shape index (κ1) is 14.7. The summed E-state index contributed by atoms with van der Waals surface area (Å²) in [5, 5.41) is 22.8. The Hall–Kier alpha value is -1.68. The van der Waals surface area contributed by atoms with Gasteiger partial charge in [-0.2, -0.15) is 0 Å². The molecular weight excluding hydrogens is 250 g/mol. The number of aliphatic hydroxyl groups is 2. The molecule has 2 rings (SSSR count). The van der Waals surface area contributed by atoms with E-state index in [1.54, 1.807) is 6.92 Å². The number of hydrogen-bond acceptors (Lipinski definition) is 3. The lowest BCUT2D eigenvalue weighted by atomic mass is 9.96. The van der Waals surface area contributed by atoms with Crippen LogP contribution < -0.4 is 5.32 Å². The zero-order valence-corrected chi connectivity index (χ0v) is 11.7. The van der Waals surface area contributed by atoms with E-state index in [1.165, 1.54) is 0 Å². The zero-order chi connectivity index (χ0) is 14.4. The smallest absolute Gasteiger partial charge is 0.0992 e. The van der Waals surface area contributed by atoms with Gasteiger partial charge >= 0.3 is 0 Å². The molecule has 0 aliphatic carbocycles. The second-order valence-electron chi connectivity index (χ2n) is 5.22. The van der Waals surface area contributed by atoms with Crippen molar-refractivity contribution in [3.8, 4) is 0 Å². The number of rotatable bonds is 6. The van der Waals surface area contributed by atoms with Gasteiger partial charge in [0.15, 0.2) is 0 Å². The third kappa shape index (κ3) is 3.90. The first-order valence-electron chi connectivity index (χ1n) is 6.79. The molecule has 1 atom stereocenters. The first-order chi connectivity index (χ1) is 9.62. The summed E-state index contributed by atoms with van der Waals surface area (Å²) < 4.78 is 0. The molecule has 0 bridgehead atoms. The molecule has 2 aromatic carbocycles. The van der Waals surface area contributed by atoms with Gasteiger partial charge in [-0.25, -0.2) is 0 Å². The van der Waals surface area contributed by atoms with E-state index in [0.717, 1.165) is 16.7 Å². The van der Waals surface area contributed by atoms with Gasteiger partial charge < -0.3 is 15.5 Å². The van der Waals surface area contributed by atoms with Crippen molar-refractivity contribution in [2.45, 2.75) is 25.7 Å². The van der Waals surface area contributed by atoms with E-state index in [-0.39, 0.29) is 6.61 Å². The van der Waals surface area contributed by atoms with Gasteiger partial charge in [0, 0.05) is 13.1 Å². The molecule has 0 amide bonds. The van der Waals surface area contributed by atoms with Gasteiger partial charge in [0.05, 0.1) is 12.2 Å². The van der Waals surface area contributed by atoms with Crippen molar-refractivity contribution in [3.63, 3.8) is 0 Å². The number of nitrogens with one attached hydrogen (secondary N) is 1. The highest BCUT2D eigenvalue weighted by atomic mass is 16.3. The summed E-state index contributed by atoms with van der Waals surface area (Å²) in [6, 6.07) is 17.4. The van der Waals surface area contributed by atoms with Crippen LogP contribution in [-0.4, -0.2) is 16.8 Å². The molecule has 3 N–H and O–H groups in total. The van der Waals surface area contributed by atoms with Gasteiger partial charge in [-0.1, -0.05) is 54.6 Å². The second kappa shape index (κ2) is 6.66. The molecule has 0 aromatic heterocycles. The van der Waals surface area contributed by atoms with Crippen LogP contribution in [0.2, 0.25) is 0 Å². The summed E-state index contributed by atoms with van der Waals surface area (Å²) in [6.07, 6.45) is 0. The minimum absolute atomic E-state index is 0.0512. The Morgan fingerprint density at radius 1 is 1.00 bits per heavy atom.